The van der Waals surface area contributed by atoms with E-state index in [1.807, 2.05) is 0 Å². The predicted molar refractivity (Wildman–Crippen MR) is 71.1 cm³/mol. The molecule has 1 N–H and O–H groups in total. The van der Waals surface area contributed by atoms with Crippen molar-refractivity contribution in [1.29, 1.82) is 0 Å². The van der Waals surface area contributed by atoms with Crippen LogP contribution in [0.2, 0.25) is 0 Å². The van der Waals surface area contributed by atoms with Gasteiger partial charge in [-0.2, -0.15) is 15.4 Å². The standard InChI is InChI=1S/C13H10.C2H3N3/c1-3-7-12-10(5-1)9-11-6-2-4-8-13(11)12;1-2-4-5-3-1/h1-8H,9H2;1-2H,(H,3,4,5). The number of H-pyrrole nitrogens is 1. The number of aromatic amines is 1. The van der Waals surface area contributed by atoms with Crippen LogP contribution in [0.25, 0.3) is 11.1 Å². The summed E-state index contributed by atoms with van der Waals surface area (Å²) in [6.07, 6.45) is 4.27. The van der Waals surface area contributed by atoms with E-state index in [1.165, 1.54) is 22.3 Å². The fourth-order valence-corrected chi connectivity index (χ4v) is 2.25. The molecule has 1 aromatic heterocycles. The molecule has 0 amide bonds. The second kappa shape index (κ2) is 4.84. The maximum Gasteiger partial charge on any atom is 0.0690 e. The topological polar surface area (TPSA) is 41.6 Å². The number of fused-ring (bicyclic) bond motifs is 3. The fraction of sp³-hybridized carbons (Fsp3) is 0.0667. The Balaban J connectivity index is 0.000000169. The van der Waals surface area contributed by atoms with Crippen LogP contribution >= 0.6 is 0 Å². The SMILES string of the molecule is c1ccc2c(c1)Cc1ccccc1-2.c1cn[nH]n1. The van der Waals surface area contributed by atoms with Gasteiger partial charge in [-0.25, -0.2) is 0 Å². The van der Waals surface area contributed by atoms with Crippen molar-refractivity contribution in [2.24, 2.45) is 0 Å². The van der Waals surface area contributed by atoms with Crippen molar-refractivity contribution in [2.75, 3.05) is 0 Å². The molecule has 88 valence electrons. The molecule has 0 saturated carbocycles. The monoisotopic (exact) mass is 235 g/mol. The average molecular weight is 235 g/mol. The third-order valence-corrected chi connectivity index (χ3v) is 3.04. The van der Waals surface area contributed by atoms with Gasteiger partial charge >= 0.3 is 0 Å². The first-order valence-corrected chi connectivity index (χ1v) is 5.91. The smallest absolute Gasteiger partial charge is 0.0690 e. The Bertz CT molecular complexity index is 569. The van der Waals surface area contributed by atoms with E-state index in [0.717, 1.165) is 6.42 Å². The summed E-state index contributed by atoms with van der Waals surface area (Å²) in [7, 11) is 0. The second-order valence-corrected chi connectivity index (χ2v) is 4.15. The second-order valence-electron chi connectivity index (χ2n) is 4.15. The summed E-state index contributed by atoms with van der Waals surface area (Å²) in [6, 6.07) is 17.3. The molecule has 1 aliphatic carbocycles. The van der Waals surface area contributed by atoms with Gasteiger partial charge in [0.25, 0.3) is 0 Å². The molecule has 0 saturated heterocycles. The highest BCUT2D eigenvalue weighted by molar-refractivity contribution is 5.76. The van der Waals surface area contributed by atoms with E-state index in [9.17, 15) is 0 Å². The zero-order chi connectivity index (χ0) is 12.2. The van der Waals surface area contributed by atoms with Crippen molar-refractivity contribution in [2.45, 2.75) is 6.42 Å². The van der Waals surface area contributed by atoms with Crippen LogP contribution in [0.1, 0.15) is 11.1 Å². The van der Waals surface area contributed by atoms with Gasteiger partial charge in [0.15, 0.2) is 0 Å². The third-order valence-electron chi connectivity index (χ3n) is 3.04. The van der Waals surface area contributed by atoms with E-state index in [-0.39, 0.29) is 0 Å². The van der Waals surface area contributed by atoms with Crippen LogP contribution in [0.4, 0.5) is 0 Å². The van der Waals surface area contributed by atoms with Crippen molar-refractivity contribution >= 4 is 0 Å². The van der Waals surface area contributed by atoms with E-state index in [2.05, 4.69) is 63.9 Å². The van der Waals surface area contributed by atoms with E-state index >= 15 is 0 Å². The summed E-state index contributed by atoms with van der Waals surface area (Å²) in [6.45, 7) is 0. The Morgan fingerprint density at radius 2 is 1.22 bits per heavy atom. The predicted octanol–water partition coefficient (Wildman–Crippen LogP) is 3.06. The van der Waals surface area contributed by atoms with Crippen molar-refractivity contribution in [3.8, 4) is 11.1 Å². The maximum absolute atomic E-state index is 3.49. The Hall–Kier alpha value is -2.42. The van der Waals surface area contributed by atoms with Crippen molar-refractivity contribution < 1.29 is 0 Å². The fourth-order valence-electron chi connectivity index (χ4n) is 2.25. The van der Waals surface area contributed by atoms with Gasteiger partial charge in [0.05, 0.1) is 12.4 Å². The van der Waals surface area contributed by atoms with E-state index in [4.69, 9.17) is 0 Å². The third kappa shape index (κ3) is 2.02. The Morgan fingerprint density at radius 1 is 0.722 bits per heavy atom. The van der Waals surface area contributed by atoms with Crippen LogP contribution < -0.4 is 0 Å². The van der Waals surface area contributed by atoms with Crippen LogP contribution in [-0.2, 0) is 6.42 Å². The molecule has 0 unspecified atom stereocenters. The molecule has 1 heterocycles. The highest BCUT2D eigenvalue weighted by atomic mass is 15.3. The molecule has 0 atom stereocenters. The molecule has 4 rings (SSSR count). The quantitative estimate of drug-likeness (QED) is 0.509. The lowest BCUT2D eigenvalue weighted by Crippen LogP contribution is -1.77. The van der Waals surface area contributed by atoms with E-state index in [0.29, 0.717) is 0 Å². The van der Waals surface area contributed by atoms with Crippen LogP contribution in [0.3, 0.4) is 0 Å². The van der Waals surface area contributed by atoms with Gasteiger partial charge in [0.2, 0.25) is 0 Å². The number of rotatable bonds is 0. The molecule has 0 spiro atoms. The van der Waals surface area contributed by atoms with Gasteiger partial charge in [-0.15, -0.1) is 0 Å². The zero-order valence-corrected chi connectivity index (χ0v) is 9.88. The highest BCUT2D eigenvalue weighted by Gasteiger charge is 2.15. The molecule has 3 heteroatoms. The number of nitrogens with one attached hydrogen (secondary N) is 1. The number of aromatic nitrogens is 3. The highest BCUT2D eigenvalue weighted by Crippen LogP contribution is 2.35. The first kappa shape index (κ1) is 10.7. The summed E-state index contributed by atoms with van der Waals surface area (Å²) in [4.78, 5) is 0. The van der Waals surface area contributed by atoms with Crippen LogP contribution in [0, 0.1) is 0 Å². The number of nitrogens with zero attached hydrogens (tertiary/aromatic N) is 2. The van der Waals surface area contributed by atoms with Gasteiger partial charge in [0, 0.05) is 0 Å². The molecule has 3 aromatic rings. The zero-order valence-electron chi connectivity index (χ0n) is 9.88. The summed E-state index contributed by atoms with van der Waals surface area (Å²) in [5, 5.41) is 9.33. The van der Waals surface area contributed by atoms with Gasteiger partial charge < -0.3 is 0 Å². The number of hydrogen-bond donors (Lipinski definition) is 1. The van der Waals surface area contributed by atoms with Crippen LogP contribution in [0.15, 0.2) is 60.9 Å². The minimum atomic E-state index is 1.10. The minimum absolute atomic E-state index is 1.10. The van der Waals surface area contributed by atoms with E-state index < -0.39 is 0 Å². The average Bonchev–Trinajstić information content (AvgIpc) is 3.10. The van der Waals surface area contributed by atoms with Crippen molar-refractivity contribution in [3.63, 3.8) is 0 Å². The van der Waals surface area contributed by atoms with Crippen molar-refractivity contribution in [3.05, 3.63) is 72.1 Å². The molecule has 1 aliphatic rings. The van der Waals surface area contributed by atoms with Gasteiger partial charge in [-0.05, 0) is 28.7 Å². The number of benzene rings is 2. The van der Waals surface area contributed by atoms with Gasteiger partial charge in [0.1, 0.15) is 0 Å². The van der Waals surface area contributed by atoms with Gasteiger partial charge in [-0.1, -0.05) is 48.5 Å². The van der Waals surface area contributed by atoms with Crippen LogP contribution in [-0.4, -0.2) is 15.4 Å². The van der Waals surface area contributed by atoms with Gasteiger partial charge in [-0.3, -0.25) is 0 Å². The molecule has 0 radical (unpaired) electrons. The Morgan fingerprint density at radius 3 is 1.67 bits per heavy atom. The molecule has 0 fully saturated rings. The lowest BCUT2D eigenvalue weighted by atomic mass is 10.1. The van der Waals surface area contributed by atoms with Crippen LogP contribution in [0.5, 0.6) is 0 Å². The molecule has 0 aliphatic heterocycles. The first-order chi connectivity index (χ1) is 8.95. The minimum Gasteiger partial charge on any atom is -0.198 e. The summed E-state index contributed by atoms with van der Waals surface area (Å²) in [5.74, 6) is 0. The normalized spacial score (nSPS) is 11.1. The summed E-state index contributed by atoms with van der Waals surface area (Å²) >= 11 is 0. The lowest BCUT2D eigenvalue weighted by molar-refractivity contribution is 0.940. The first-order valence-electron chi connectivity index (χ1n) is 5.91. The summed E-state index contributed by atoms with van der Waals surface area (Å²) < 4.78 is 0. The molecule has 2 aromatic carbocycles. The molecular weight excluding hydrogens is 222 g/mol. The number of hydrogen-bond acceptors (Lipinski definition) is 2. The Kier molecular flexibility index (Phi) is 2.88. The van der Waals surface area contributed by atoms with Crippen molar-refractivity contribution in [1.82, 2.24) is 15.4 Å². The summed E-state index contributed by atoms with van der Waals surface area (Å²) in [5.41, 5.74) is 5.75. The molecule has 18 heavy (non-hydrogen) atoms. The molecule has 0 bridgehead atoms. The molecular formula is C15H13N3. The largest absolute Gasteiger partial charge is 0.198 e. The van der Waals surface area contributed by atoms with E-state index in [1.54, 1.807) is 12.4 Å². The molecule has 3 nitrogen and oxygen atoms in total. The maximum atomic E-state index is 3.49. The lowest BCUT2D eigenvalue weighted by Gasteiger charge is -1.98. The Labute approximate surface area is 105 Å².